The van der Waals surface area contributed by atoms with E-state index >= 15 is 0 Å². The number of carbonyl (C=O) groups is 2. The second kappa shape index (κ2) is 13.2. The van der Waals surface area contributed by atoms with Crippen LogP contribution >= 0.6 is 22.7 Å². The first kappa shape index (κ1) is 29.8. The molecule has 0 bridgehead atoms. The highest BCUT2D eigenvalue weighted by molar-refractivity contribution is 7.22. The van der Waals surface area contributed by atoms with E-state index in [1.807, 2.05) is 60.8 Å². The molecule has 1 amide bonds. The highest BCUT2D eigenvalue weighted by Crippen LogP contribution is 2.34. The Morgan fingerprint density at radius 3 is 2.78 bits per heavy atom. The van der Waals surface area contributed by atoms with E-state index in [9.17, 15) is 14.7 Å². The Morgan fingerprint density at radius 2 is 1.98 bits per heavy atom. The van der Waals surface area contributed by atoms with E-state index in [0.29, 0.717) is 54.3 Å². The molecule has 2 aliphatic rings. The number of para-hydroxylation sites is 1. The van der Waals surface area contributed by atoms with Crippen LogP contribution in [0.2, 0.25) is 0 Å². The number of anilines is 2. The fourth-order valence-corrected chi connectivity index (χ4v) is 7.81. The fourth-order valence-electron chi connectivity index (χ4n) is 5.83. The summed E-state index contributed by atoms with van der Waals surface area (Å²) in [5.41, 5.74) is 4.74. The van der Waals surface area contributed by atoms with Gasteiger partial charge in [-0.1, -0.05) is 47.7 Å². The molecule has 2 aromatic carbocycles. The molecule has 11 heteroatoms. The number of thiazole rings is 2. The van der Waals surface area contributed by atoms with Gasteiger partial charge in [0.2, 0.25) is 0 Å². The Kier molecular flexibility index (Phi) is 8.58. The number of carbonyl (C=O) groups excluding carboxylic acids is 1. The molecule has 3 aromatic heterocycles. The predicted octanol–water partition coefficient (Wildman–Crippen LogP) is 7.24. The smallest absolute Gasteiger partial charge is 0.355 e. The molecule has 1 unspecified atom stereocenters. The molecule has 0 radical (unpaired) electrons. The minimum atomic E-state index is -1.04. The SMILES string of the molecule is O=C(Nc1nc2ccccc2s1)c1cccc2c1CN(c1nc(C(=O)O)c(CCCOC3=CCC(c4cccnc4)C=C3)s1)CC2. The molecule has 0 spiro atoms. The van der Waals surface area contributed by atoms with Crippen molar-refractivity contribution < 1.29 is 19.4 Å². The highest BCUT2D eigenvalue weighted by Gasteiger charge is 2.27. The monoisotopic (exact) mass is 649 g/mol. The van der Waals surface area contributed by atoms with Gasteiger partial charge in [0, 0.05) is 41.8 Å². The second-order valence-corrected chi connectivity index (χ2v) is 13.3. The van der Waals surface area contributed by atoms with Gasteiger partial charge >= 0.3 is 5.97 Å². The maximum atomic E-state index is 13.4. The molecular formula is C35H31N5O4S2. The Morgan fingerprint density at radius 1 is 1.07 bits per heavy atom. The molecule has 46 heavy (non-hydrogen) atoms. The molecule has 0 saturated carbocycles. The molecule has 2 N–H and O–H groups in total. The van der Waals surface area contributed by atoms with Gasteiger partial charge in [0.15, 0.2) is 16.0 Å². The molecular weight excluding hydrogens is 619 g/mol. The van der Waals surface area contributed by atoms with Crippen molar-refractivity contribution in [2.24, 2.45) is 0 Å². The molecule has 1 atom stereocenters. The average molecular weight is 650 g/mol. The van der Waals surface area contributed by atoms with Gasteiger partial charge < -0.3 is 14.7 Å². The molecule has 0 saturated heterocycles. The van der Waals surface area contributed by atoms with Crippen molar-refractivity contribution >= 4 is 55.0 Å². The van der Waals surface area contributed by atoms with E-state index in [2.05, 4.69) is 43.4 Å². The van der Waals surface area contributed by atoms with E-state index in [1.54, 1.807) is 6.20 Å². The van der Waals surface area contributed by atoms with E-state index in [-0.39, 0.29) is 11.6 Å². The third kappa shape index (κ3) is 6.42. The van der Waals surface area contributed by atoms with E-state index in [0.717, 1.165) is 44.8 Å². The van der Waals surface area contributed by atoms with Crippen LogP contribution in [0.5, 0.6) is 0 Å². The molecule has 5 aromatic rings. The zero-order valence-corrected chi connectivity index (χ0v) is 26.5. The number of allylic oxidation sites excluding steroid dienone is 3. The summed E-state index contributed by atoms with van der Waals surface area (Å²) in [4.78, 5) is 41.7. The lowest BCUT2D eigenvalue weighted by Crippen LogP contribution is -2.32. The summed E-state index contributed by atoms with van der Waals surface area (Å²) in [6.07, 6.45) is 12.7. The number of carboxylic acids is 1. The summed E-state index contributed by atoms with van der Waals surface area (Å²) in [5.74, 6) is -0.121. The van der Waals surface area contributed by atoms with Crippen LogP contribution in [0.4, 0.5) is 10.3 Å². The number of ether oxygens (including phenoxy) is 1. The number of pyridine rings is 1. The number of benzene rings is 2. The zero-order valence-electron chi connectivity index (χ0n) is 24.9. The van der Waals surface area contributed by atoms with Gasteiger partial charge in [0.25, 0.3) is 5.91 Å². The Labute approximate surface area is 273 Å². The lowest BCUT2D eigenvalue weighted by Gasteiger charge is -2.29. The largest absolute Gasteiger partial charge is 0.494 e. The molecule has 9 nitrogen and oxygen atoms in total. The van der Waals surface area contributed by atoms with Gasteiger partial charge in [0.05, 0.1) is 16.8 Å². The summed E-state index contributed by atoms with van der Waals surface area (Å²) >= 11 is 2.85. The second-order valence-electron chi connectivity index (χ2n) is 11.2. The molecule has 0 fully saturated rings. The van der Waals surface area contributed by atoms with Gasteiger partial charge in [0.1, 0.15) is 5.76 Å². The Bertz CT molecular complexity index is 1930. The summed E-state index contributed by atoms with van der Waals surface area (Å²) in [6.45, 7) is 1.63. The maximum absolute atomic E-state index is 13.4. The van der Waals surface area contributed by atoms with Crippen LogP contribution in [0.1, 0.15) is 61.2 Å². The number of aromatic nitrogens is 3. The standard InChI is InChI=1S/C35H31N5O4S2/c41-32(39-34-37-28-9-1-2-10-29(28)45-34)26-8-3-6-23-16-18-40(21-27(23)26)35-38-31(33(42)43)30(46-35)11-5-19-44-25-14-12-22(13-15-25)24-7-4-17-36-20-24/h1-4,6-10,12,14-15,17,20,22H,5,11,13,16,18-19,21H2,(H,42,43)(H,37,39,41). The van der Waals surface area contributed by atoms with Crippen LogP contribution in [0.15, 0.2) is 91.0 Å². The van der Waals surface area contributed by atoms with Crippen LogP contribution < -0.4 is 10.2 Å². The maximum Gasteiger partial charge on any atom is 0.355 e. The van der Waals surface area contributed by atoms with Crippen molar-refractivity contribution in [1.29, 1.82) is 0 Å². The van der Waals surface area contributed by atoms with Gasteiger partial charge in [-0.25, -0.2) is 14.8 Å². The Balaban J connectivity index is 0.992. The minimum Gasteiger partial charge on any atom is -0.494 e. The summed E-state index contributed by atoms with van der Waals surface area (Å²) in [5, 5.41) is 14.1. The molecule has 1 aliphatic carbocycles. The van der Waals surface area contributed by atoms with Gasteiger partial charge in [-0.3, -0.25) is 15.1 Å². The van der Waals surface area contributed by atoms with E-state index < -0.39 is 5.97 Å². The summed E-state index contributed by atoms with van der Waals surface area (Å²) in [6, 6.07) is 17.6. The first-order valence-electron chi connectivity index (χ1n) is 15.2. The van der Waals surface area contributed by atoms with Crippen molar-refractivity contribution in [3.63, 3.8) is 0 Å². The number of hydrogen-bond acceptors (Lipinski definition) is 9. The fraction of sp³-hybridized carbons (Fsp3) is 0.229. The molecule has 1 aliphatic heterocycles. The first-order chi connectivity index (χ1) is 22.5. The molecule has 232 valence electrons. The number of aromatic carboxylic acids is 1. The number of aryl methyl sites for hydroxylation is 1. The Hall–Kier alpha value is -4.87. The van der Waals surface area contributed by atoms with Gasteiger partial charge in [-0.05, 0) is 78.8 Å². The quantitative estimate of drug-likeness (QED) is 0.152. The van der Waals surface area contributed by atoms with Crippen LogP contribution in [-0.4, -0.2) is 45.1 Å². The lowest BCUT2D eigenvalue weighted by atomic mass is 9.93. The van der Waals surface area contributed by atoms with Crippen LogP contribution in [0.25, 0.3) is 10.2 Å². The highest BCUT2D eigenvalue weighted by atomic mass is 32.1. The van der Waals surface area contributed by atoms with Crippen LogP contribution in [0.3, 0.4) is 0 Å². The number of hydrogen-bond donors (Lipinski definition) is 2. The first-order valence-corrected chi connectivity index (χ1v) is 16.8. The number of carboxylic acid groups (broad SMARTS) is 1. The average Bonchev–Trinajstić information content (AvgIpc) is 3.71. The molecule has 4 heterocycles. The zero-order chi connectivity index (χ0) is 31.5. The molecule has 7 rings (SSSR count). The van der Waals surface area contributed by atoms with Crippen molar-refractivity contribution in [1.82, 2.24) is 15.0 Å². The number of nitrogens with zero attached hydrogens (tertiary/aromatic N) is 4. The van der Waals surface area contributed by atoms with Gasteiger partial charge in [-0.2, -0.15) is 0 Å². The number of nitrogens with one attached hydrogen (secondary N) is 1. The number of rotatable bonds is 10. The summed E-state index contributed by atoms with van der Waals surface area (Å²) in [7, 11) is 0. The third-order valence-electron chi connectivity index (χ3n) is 8.19. The van der Waals surface area contributed by atoms with Crippen molar-refractivity contribution in [2.45, 2.75) is 38.1 Å². The van der Waals surface area contributed by atoms with Crippen LogP contribution in [0, 0.1) is 0 Å². The van der Waals surface area contributed by atoms with Crippen molar-refractivity contribution in [3.05, 3.63) is 124 Å². The van der Waals surface area contributed by atoms with Gasteiger partial charge in [-0.15, -0.1) is 11.3 Å². The summed E-state index contributed by atoms with van der Waals surface area (Å²) < 4.78 is 7.00. The number of fused-ring (bicyclic) bond motifs is 2. The predicted molar refractivity (Wildman–Crippen MR) is 181 cm³/mol. The lowest BCUT2D eigenvalue weighted by molar-refractivity contribution is 0.0689. The van der Waals surface area contributed by atoms with Crippen molar-refractivity contribution in [2.75, 3.05) is 23.4 Å². The third-order valence-corrected chi connectivity index (χ3v) is 10.3. The number of amides is 1. The van der Waals surface area contributed by atoms with E-state index in [1.165, 1.54) is 28.2 Å². The minimum absolute atomic E-state index is 0.0868. The van der Waals surface area contributed by atoms with Crippen LogP contribution in [-0.2, 0) is 24.1 Å². The topological polar surface area (TPSA) is 118 Å². The van der Waals surface area contributed by atoms with E-state index in [4.69, 9.17) is 4.74 Å². The normalized spacial score (nSPS) is 15.8. The van der Waals surface area contributed by atoms with Crippen molar-refractivity contribution in [3.8, 4) is 0 Å².